The summed E-state index contributed by atoms with van der Waals surface area (Å²) in [5.74, 6) is 2.33. The third-order valence-electron chi connectivity index (χ3n) is 4.97. The molecule has 0 unspecified atom stereocenters. The molecule has 0 aliphatic carbocycles. The molecular formula is C24H29N3O3. The first-order valence-electron chi connectivity index (χ1n) is 10.3. The van der Waals surface area contributed by atoms with E-state index in [0.29, 0.717) is 43.6 Å². The first-order chi connectivity index (χ1) is 14.4. The number of benzene rings is 2. The summed E-state index contributed by atoms with van der Waals surface area (Å²) in [6, 6.07) is 16.0. The summed E-state index contributed by atoms with van der Waals surface area (Å²) in [6.07, 6.45) is 0.730. The Balaban J connectivity index is 1.45. The highest BCUT2D eigenvalue weighted by molar-refractivity contribution is 5.76. The maximum atomic E-state index is 12.4. The minimum absolute atomic E-state index is 0.0175. The van der Waals surface area contributed by atoms with Gasteiger partial charge in [-0.1, -0.05) is 55.4 Å². The van der Waals surface area contributed by atoms with Crippen LogP contribution in [0, 0.1) is 6.92 Å². The van der Waals surface area contributed by atoms with Crippen molar-refractivity contribution in [1.29, 1.82) is 0 Å². The van der Waals surface area contributed by atoms with Crippen LogP contribution in [0.3, 0.4) is 0 Å². The Morgan fingerprint density at radius 2 is 1.93 bits per heavy atom. The number of carbonyl (C=O) groups is 1. The lowest BCUT2D eigenvalue weighted by Gasteiger charge is -2.17. The lowest BCUT2D eigenvalue weighted by Crippen LogP contribution is -2.31. The van der Waals surface area contributed by atoms with Crippen molar-refractivity contribution in [1.82, 2.24) is 15.0 Å². The molecular weight excluding hydrogens is 378 g/mol. The number of carbonyl (C=O) groups excluding carboxylic acids is 1. The van der Waals surface area contributed by atoms with Gasteiger partial charge in [-0.25, -0.2) is 0 Å². The van der Waals surface area contributed by atoms with E-state index in [9.17, 15) is 4.79 Å². The SMILES string of the molecule is Cc1cccc(OCCN(C)C(=O)CCc2nc(-c3ccc(C(C)C)cc3)no2)c1. The number of aryl methyl sites for hydroxylation is 2. The van der Waals surface area contributed by atoms with E-state index in [0.717, 1.165) is 16.9 Å². The van der Waals surface area contributed by atoms with Crippen molar-refractivity contribution in [3.05, 3.63) is 65.5 Å². The van der Waals surface area contributed by atoms with E-state index in [1.54, 1.807) is 11.9 Å². The number of rotatable bonds is 9. The quantitative estimate of drug-likeness (QED) is 0.517. The standard InChI is InChI=1S/C24H29N3O3/c1-17(2)19-8-10-20(11-9-19)24-25-22(30-26-24)12-13-23(28)27(4)14-15-29-21-7-5-6-18(3)16-21/h5-11,16-17H,12-15H2,1-4H3. The van der Waals surface area contributed by atoms with Crippen molar-refractivity contribution in [2.45, 2.75) is 39.5 Å². The van der Waals surface area contributed by atoms with E-state index < -0.39 is 0 Å². The molecule has 0 saturated heterocycles. The van der Waals surface area contributed by atoms with Crippen LogP contribution in [-0.2, 0) is 11.2 Å². The molecule has 0 bridgehead atoms. The van der Waals surface area contributed by atoms with Crippen LogP contribution in [0.2, 0.25) is 0 Å². The minimum Gasteiger partial charge on any atom is -0.492 e. The summed E-state index contributed by atoms with van der Waals surface area (Å²) < 4.78 is 11.0. The predicted octanol–water partition coefficient (Wildman–Crippen LogP) is 4.64. The summed E-state index contributed by atoms with van der Waals surface area (Å²) in [5, 5.41) is 4.04. The summed E-state index contributed by atoms with van der Waals surface area (Å²) in [5.41, 5.74) is 3.32. The first-order valence-corrected chi connectivity index (χ1v) is 10.3. The molecule has 30 heavy (non-hydrogen) atoms. The second-order valence-corrected chi connectivity index (χ2v) is 7.77. The number of hydrogen-bond acceptors (Lipinski definition) is 5. The smallest absolute Gasteiger partial charge is 0.227 e. The second-order valence-electron chi connectivity index (χ2n) is 7.77. The van der Waals surface area contributed by atoms with E-state index in [4.69, 9.17) is 9.26 Å². The van der Waals surface area contributed by atoms with E-state index in [2.05, 4.69) is 36.1 Å². The number of likely N-dealkylation sites (N-methyl/N-ethyl adjacent to an activating group) is 1. The van der Waals surface area contributed by atoms with Gasteiger partial charge in [0.2, 0.25) is 17.6 Å². The fourth-order valence-electron chi connectivity index (χ4n) is 3.03. The highest BCUT2D eigenvalue weighted by Gasteiger charge is 2.14. The summed E-state index contributed by atoms with van der Waals surface area (Å²) in [7, 11) is 1.78. The third-order valence-corrected chi connectivity index (χ3v) is 4.97. The van der Waals surface area contributed by atoms with Gasteiger partial charge in [0.1, 0.15) is 12.4 Å². The van der Waals surface area contributed by atoms with Gasteiger partial charge in [-0.15, -0.1) is 0 Å². The van der Waals surface area contributed by atoms with Crippen molar-refractivity contribution < 1.29 is 14.1 Å². The van der Waals surface area contributed by atoms with Crippen LogP contribution in [-0.4, -0.2) is 41.1 Å². The first kappa shape index (κ1) is 21.6. The molecule has 1 aromatic heterocycles. The molecule has 0 aliphatic rings. The molecule has 0 fully saturated rings. The fraction of sp³-hybridized carbons (Fsp3) is 0.375. The predicted molar refractivity (Wildman–Crippen MR) is 116 cm³/mol. The normalized spacial score (nSPS) is 11.0. The van der Waals surface area contributed by atoms with E-state index in [1.807, 2.05) is 43.3 Å². The van der Waals surface area contributed by atoms with Crippen LogP contribution in [0.1, 0.15) is 43.2 Å². The molecule has 0 aliphatic heterocycles. The number of amides is 1. The van der Waals surface area contributed by atoms with Crippen LogP contribution in [0.4, 0.5) is 0 Å². The van der Waals surface area contributed by atoms with Crippen LogP contribution >= 0.6 is 0 Å². The van der Waals surface area contributed by atoms with Gasteiger partial charge in [0.05, 0.1) is 6.54 Å². The second kappa shape index (κ2) is 10.1. The Morgan fingerprint density at radius 1 is 1.17 bits per heavy atom. The van der Waals surface area contributed by atoms with Gasteiger partial charge in [-0.3, -0.25) is 4.79 Å². The molecule has 0 saturated carbocycles. The van der Waals surface area contributed by atoms with Crippen LogP contribution < -0.4 is 4.74 Å². The minimum atomic E-state index is 0.0175. The van der Waals surface area contributed by atoms with E-state index in [1.165, 1.54) is 5.56 Å². The molecule has 3 aromatic rings. The van der Waals surface area contributed by atoms with Crippen molar-refractivity contribution in [2.75, 3.05) is 20.2 Å². The van der Waals surface area contributed by atoms with Gasteiger partial charge in [-0.2, -0.15) is 4.98 Å². The lowest BCUT2D eigenvalue weighted by atomic mass is 10.0. The van der Waals surface area contributed by atoms with Crippen LogP contribution in [0.15, 0.2) is 53.1 Å². The molecule has 0 radical (unpaired) electrons. The molecule has 1 heterocycles. The highest BCUT2D eigenvalue weighted by atomic mass is 16.5. The average Bonchev–Trinajstić information content (AvgIpc) is 3.21. The molecule has 0 spiro atoms. The third kappa shape index (κ3) is 5.92. The number of aromatic nitrogens is 2. The molecule has 158 valence electrons. The van der Waals surface area contributed by atoms with Crippen molar-refractivity contribution in [3.63, 3.8) is 0 Å². The largest absolute Gasteiger partial charge is 0.492 e. The Labute approximate surface area is 177 Å². The van der Waals surface area contributed by atoms with Crippen LogP contribution in [0.25, 0.3) is 11.4 Å². The molecule has 0 atom stereocenters. The zero-order valence-electron chi connectivity index (χ0n) is 18.1. The lowest BCUT2D eigenvalue weighted by molar-refractivity contribution is -0.130. The van der Waals surface area contributed by atoms with Gasteiger partial charge < -0.3 is 14.2 Å². The number of nitrogens with zero attached hydrogens (tertiary/aromatic N) is 3. The Bertz CT molecular complexity index is 964. The number of hydrogen-bond donors (Lipinski definition) is 0. The van der Waals surface area contributed by atoms with Gasteiger partial charge in [-0.05, 0) is 36.1 Å². The molecule has 6 nitrogen and oxygen atoms in total. The number of ether oxygens (including phenoxy) is 1. The van der Waals surface area contributed by atoms with E-state index in [-0.39, 0.29) is 5.91 Å². The summed E-state index contributed by atoms with van der Waals surface area (Å²) in [6.45, 7) is 7.30. The highest BCUT2D eigenvalue weighted by Crippen LogP contribution is 2.21. The zero-order chi connectivity index (χ0) is 21.5. The molecule has 2 aromatic carbocycles. The van der Waals surface area contributed by atoms with Gasteiger partial charge >= 0.3 is 0 Å². The Morgan fingerprint density at radius 3 is 2.63 bits per heavy atom. The summed E-state index contributed by atoms with van der Waals surface area (Å²) in [4.78, 5) is 18.5. The van der Waals surface area contributed by atoms with E-state index >= 15 is 0 Å². The maximum absolute atomic E-state index is 12.4. The molecule has 6 heteroatoms. The topological polar surface area (TPSA) is 68.5 Å². The Hall–Kier alpha value is -3.15. The van der Waals surface area contributed by atoms with Gasteiger partial charge in [0.25, 0.3) is 0 Å². The van der Waals surface area contributed by atoms with Gasteiger partial charge in [0.15, 0.2) is 0 Å². The summed E-state index contributed by atoms with van der Waals surface area (Å²) >= 11 is 0. The maximum Gasteiger partial charge on any atom is 0.227 e. The van der Waals surface area contributed by atoms with Crippen LogP contribution in [0.5, 0.6) is 5.75 Å². The zero-order valence-corrected chi connectivity index (χ0v) is 18.1. The monoisotopic (exact) mass is 407 g/mol. The molecule has 1 amide bonds. The fourth-order valence-corrected chi connectivity index (χ4v) is 3.03. The molecule has 3 rings (SSSR count). The van der Waals surface area contributed by atoms with Crippen molar-refractivity contribution >= 4 is 5.91 Å². The average molecular weight is 408 g/mol. The van der Waals surface area contributed by atoms with Gasteiger partial charge in [0, 0.05) is 25.5 Å². The van der Waals surface area contributed by atoms with Crippen molar-refractivity contribution in [3.8, 4) is 17.1 Å². The Kier molecular flexibility index (Phi) is 7.22. The van der Waals surface area contributed by atoms with Crippen molar-refractivity contribution in [2.24, 2.45) is 0 Å². The molecule has 0 N–H and O–H groups in total.